The molecule has 0 aliphatic heterocycles. The van der Waals surface area contributed by atoms with Crippen LogP contribution >= 0.6 is 0 Å². The van der Waals surface area contributed by atoms with Crippen molar-refractivity contribution in [1.82, 2.24) is 4.98 Å². The number of carbonyl (C=O) groups is 1. The predicted octanol–water partition coefficient (Wildman–Crippen LogP) is 2.24. The summed E-state index contributed by atoms with van der Waals surface area (Å²) < 4.78 is 0. The minimum Gasteiger partial charge on any atom is -0.477 e. The van der Waals surface area contributed by atoms with Crippen molar-refractivity contribution in [3.63, 3.8) is 0 Å². The van der Waals surface area contributed by atoms with Gasteiger partial charge in [-0.05, 0) is 29.9 Å². The van der Waals surface area contributed by atoms with E-state index in [-0.39, 0.29) is 5.69 Å². The summed E-state index contributed by atoms with van der Waals surface area (Å²) in [7, 11) is 0. The molecule has 16 heavy (non-hydrogen) atoms. The molecule has 1 aromatic heterocycles. The first kappa shape index (κ1) is 10.9. The highest BCUT2D eigenvalue weighted by molar-refractivity contribution is 5.86. The number of carboxylic acid groups (broad SMARTS) is 1. The Kier molecular flexibility index (Phi) is 2.58. The Morgan fingerprint density at radius 1 is 1.69 bits per heavy atom. The lowest BCUT2D eigenvalue weighted by Crippen LogP contribution is -2.08. The number of hydrogen-bond donors (Lipinski definition) is 2. The van der Waals surface area contributed by atoms with Gasteiger partial charge < -0.3 is 10.4 Å². The van der Waals surface area contributed by atoms with Crippen LogP contribution in [-0.2, 0) is 0 Å². The molecule has 0 amide bonds. The summed E-state index contributed by atoms with van der Waals surface area (Å²) in [6.07, 6.45) is 2.75. The van der Waals surface area contributed by atoms with Gasteiger partial charge in [-0.25, -0.2) is 9.78 Å². The minimum absolute atomic E-state index is 0.0834. The summed E-state index contributed by atoms with van der Waals surface area (Å²) in [4.78, 5) is 14.5. The third-order valence-corrected chi connectivity index (χ3v) is 3.25. The summed E-state index contributed by atoms with van der Waals surface area (Å²) in [5.74, 6) is -0.302. The highest BCUT2D eigenvalue weighted by atomic mass is 16.4. The quantitative estimate of drug-likeness (QED) is 0.816. The number of anilines is 1. The monoisotopic (exact) mass is 220 g/mol. The molecular formula is C12H16N2O2. The first-order valence-corrected chi connectivity index (χ1v) is 5.42. The Morgan fingerprint density at radius 3 is 2.94 bits per heavy atom. The smallest absolute Gasteiger partial charge is 0.354 e. The molecule has 4 heteroatoms. The molecule has 86 valence electrons. The van der Waals surface area contributed by atoms with Gasteiger partial charge >= 0.3 is 5.97 Å². The second kappa shape index (κ2) is 3.77. The van der Waals surface area contributed by atoms with Crippen molar-refractivity contribution in [1.29, 1.82) is 0 Å². The Balaban J connectivity index is 1.95. The Labute approximate surface area is 94.7 Å². The molecule has 2 rings (SSSR count). The van der Waals surface area contributed by atoms with E-state index in [1.807, 2.05) is 0 Å². The number of aromatic carboxylic acids is 1. The van der Waals surface area contributed by atoms with Gasteiger partial charge in [-0.15, -0.1) is 0 Å². The highest BCUT2D eigenvalue weighted by Gasteiger charge is 2.44. The summed E-state index contributed by atoms with van der Waals surface area (Å²) in [5.41, 5.74) is 1.35. The van der Waals surface area contributed by atoms with Crippen molar-refractivity contribution in [3.05, 3.63) is 24.0 Å². The summed E-state index contributed by atoms with van der Waals surface area (Å²) in [5, 5.41) is 12.0. The molecule has 4 nitrogen and oxygen atoms in total. The number of aromatic nitrogens is 1. The number of hydrogen-bond acceptors (Lipinski definition) is 3. The molecule has 1 aromatic rings. The normalized spacial score (nSPS) is 21.5. The van der Waals surface area contributed by atoms with Crippen molar-refractivity contribution in [2.24, 2.45) is 11.3 Å². The fourth-order valence-electron chi connectivity index (χ4n) is 1.82. The van der Waals surface area contributed by atoms with Crippen LogP contribution in [0.1, 0.15) is 30.8 Å². The first-order chi connectivity index (χ1) is 7.49. The second-order valence-corrected chi connectivity index (χ2v) is 5.01. The van der Waals surface area contributed by atoms with E-state index < -0.39 is 5.97 Å². The van der Waals surface area contributed by atoms with Crippen molar-refractivity contribution >= 4 is 11.7 Å². The zero-order chi connectivity index (χ0) is 11.8. The average molecular weight is 220 g/mol. The summed E-state index contributed by atoms with van der Waals surface area (Å²) in [6.45, 7) is 5.39. The van der Waals surface area contributed by atoms with Gasteiger partial charge in [-0.3, -0.25) is 0 Å². The van der Waals surface area contributed by atoms with Crippen molar-refractivity contribution in [3.8, 4) is 0 Å². The fraction of sp³-hybridized carbons (Fsp3) is 0.500. The molecule has 1 fully saturated rings. The molecule has 2 N–H and O–H groups in total. The standard InChI is InChI=1S/C12H16N2O2/c1-12(2)6-8(12)7-14-9-3-4-13-10(5-9)11(15)16/h3-5,8H,6-7H2,1-2H3,(H,13,14)(H,15,16). The zero-order valence-corrected chi connectivity index (χ0v) is 9.53. The van der Waals surface area contributed by atoms with Crippen molar-refractivity contribution in [2.75, 3.05) is 11.9 Å². The Morgan fingerprint density at radius 2 is 2.38 bits per heavy atom. The molecule has 1 unspecified atom stereocenters. The minimum atomic E-state index is -0.990. The average Bonchev–Trinajstić information content (AvgIpc) is 2.84. The molecule has 0 saturated heterocycles. The van der Waals surface area contributed by atoms with E-state index in [0.717, 1.165) is 12.2 Å². The first-order valence-electron chi connectivity index (χ1n) is 5.42. The van der Waals surface area contributed by atoms with Crippen LogP contribution in [0.3, 0.4) is 0 Å². The molecule has 1 aliphatic carbocycles. The topological polar surface area (TPSA) is 62.2 Å². The molecule has 0 spiro atoms. The zero-order valence-electron chi connectivity index (χ0n) is 9.53. The van der Waals surface area contributed by atoms with E-state index in [0.29, 0.717) is 11.3 Å². The Bertz CT molecular complexity index is 415. The highest BCUT2D eigenvalue weighted by Crippen LogP contribution is 2.51. The molecule has 1 saturated carbocycles. The summed E-state index contributed by atoms with van der Waals surface area (Å²) >= 11 is 0. The van der Waals surface area contributed by atoms with Crippen LogP contribution < -0.4 is 5.32 Å². The van der Waals surface area contributed by atoms with Crippen LogP contribution in [0.5, 0.6) is 0 Å². The largest absolute Gasteiger partial charge is 0.477 e. The van der Waals surface area contributed by atoms with Gasteiger partial charge in [0.25, 0.3) is 0 Å². The van der Waals surface area contributed by atoms with Gasteiger partial charge in [0, 0.05) is 18.4 Å². The molecule has 0 bridgehead atoms. The summed E-state index contributed by atoms with van der Waals surface area (Å²) in [6, 6.07) is 3.36. The van der Waals surface area contributed by atoms with E-state index in [4.69, 9.17) is 5.11 Å². The van der Waals surface area contributed by atoms with Gasteiger partial charge in [-0.1, -0.05) is 13.8 Å². The van der Waals surface area contributed by atoms with E-state index in [1.165, 1.54) is 12.6 Å². The van der Waals surface area contributed by atoms with Crippen LogP contribution in [0.4, 0.5) is 5.69 Å². The molecular weight excluding hydrogens is 204 g/mol. The van der Waals surface area contributed by atoms with Crippen LogP contribution in [0.25, 0.3) is 0 Å². The maximum atomic E-state index is 10.7. The fourth-order valence-corrected chi connectivity index (χ4v) is 1.82. The van der Waals surface area contributed by atoms with E-state index >= 15 is 0 Å². The van der Waals surface area contributed by atoms with Gasteiger partial charge in [0.2, 0.25) is 0 Å². The van der Waals surface area contributed by atoms with Crippen LogP contribution in [0.15, 0.2) is 18.3 Å². The molecule has 1 atom stereocenters. The van der Waals surface area contributed by atoms with E-state index in [1.54, 1.807) is 12.1 Å². The third-order valence-electron chi connectivity index (χ3n) is 3.25. The van der Waals surface area contributed by atoms with Gasteiger partial charge in [0.05, 0.1) is 0 Å². The second-order valence-electron chi connectivity index (χ2n) is 5.01. The Hall–Kier alpha value is -1.58. The number of carboxylic acids is 1. The lowest BCUT2D eigenvalue weighted by molar-refractivity contribution is 0.0690. The lowest BCUT2D eigenvalue weighted by atomic mass is 10.1. The SMILES string of the molecule is CC1(C)CC1CNc1ccnc(C(=O)O)c1. The number of nitrogens with one attached hydrogen (secondary N) is 1. The maximum absolute atomic E-state index is 10.7. The number of nitrogens with zero attached hydrogens (tertiary/aromatic N) is 1. The van der Waals surface area contributed by atoms with Crippen LogP contribution in [0.2, 0.25) is 0 Å². The van der Waals surface area contributed by atoms with Crippen molar-refractivity contribution < 1.29 is 9.90 Å². The molecule has 0 aromatic carbocycles. The third kappa shape index (κ3) is 2.32. The van der Waals surface area contributed by atoms with E-state index in [9.17, 15) is 4.79 Å². The number of rotatable bonds is 4. The van der Waals surface area contributed by atoms with Gasteiger partial charge in [-0.2, -0.15) is 0 Å². The van der Waals surface area contributed by atoms with Gasteiger partial charge in [0.1, 0.15) is 5.69 Å². The van der Waals surface area contributed by atoms with Crippen LogP contribution in [0, 0.1) is 11.3 Å². The van der Waals surface area contributed by atoms with Crippen molar-refractivity contribution in [2.45, 2.75) is 20.3 Å². The molecule has 1 aliphatic rings. The van der Waals surface area contributed by atoms with Crippen LogP contribution in [-0.4, -0.2) is 22.6 Å². The van der Waals surface area contributed by atoms with E-state index in [2.05, 4.69) is 24.1 Å². The molecule has 0 radical (unpaired) electrons. The molecule has 1 heterocycles. The maximum Gasteiger partial charge on any atom is 0.354 e. The van der Waals surface area contributed by atoms with Gasteiger partial charge in [0.15, 0.2) is 0 Å². The predicted molar refractivity (Wildman–Crippen MR) is 61.6 cm³/mol. The lowest BCUT2D eigenvalue weighted by Gasteiger charge is -2.07. The number of pyridine rings is 1.